The fraction of sp³-hybridized carbons (Fsp3) is 0.333. The molecular formula is C18H22N2O. The Morgan fingerprint density at radius 1 is 1.10 bits per heavy atom. The maximum Gasteiger partial charge on any atom is 0.229 e. The highest BCUT2D eigenvalue weighted by molar-refractivity contribution is 5.91. The molecule has 0 saturated heterocycles. The molecule has 0 fully saturated rings. The van der Waals surface area contributed by atoms with Crippen molar-refractivity contribution in [1.29, 1.82) is 0 Å². The number of benzene rings is 1. The smallest absolute Gasteiger partial charge is 0.229 e. The van der Waals surface area contributed by atoms with Crippen LogP contribution in [-0.2, 0) is 17.6 Å². The summed E-state index contributed by atoms with van der Waals surface area (Å²) in [6.45, 7) is 4.16. The number of nitrogens with one attached hydrogen (secondary N) is 1. The van der Waals surface area contributed by atoms with Crippen molar-refractivity contribution in [2.24, 2.45) is 0 Å². The average Bonchev–Trinajstić information content (AvgIpc) is 2.49. The number of carbonyl (C=O) groups excluding carboxylic acids is 1. The van der Waals surface area contributed by atoms with Gasteiger partial charge in [0.15, 0.2) is 0 Å². The first-order chi connectivity index (χ1) is 10.2. The number of hydrogen-bond acceptors (Lipinski definition) is 2. The van der Waals surface area contributed by atoms with Gasteiger partial charge in [-0.2, -0.15) is 0 Å². The van der Waals surface area contributed by atoms with E-state index in [1.807, 2.05) is 31.2 Å². The van der Waals surface area contributed by atoms with Crippen LogP contribution in [0, 0.1) is 6.92 Å². The van der Waals surface area contributed by atoms with Gasteiger partial charge in [-0.3, -0.25) is 4.79 Å². The Bertz CT molecular complexity index is 573. The standard InChI is InChI=1S/C18H22N2O/c1-3-4-5-15-7-9-16(10-8-15)12-18(21)20-17-11-6-14(2)13-19-17/h6-11,13H,3-5,12H2,1-2H3,(H,19,20,21). The lowest BCUT2D eigenvalue weighted by Gasteiger charge is -2.06. The van der Waals surface area contributed by atoms with E-state index >= 15 is 0 Å². The molecule has 3 heteroatoms. The monoisotopic (exact) mass is 282 g/mol. The Balaban J connectivity index is 1.88. The third kappa shape index (κ3) is 5.03. The number of pyridine rings is 1. The molecule has 1 aromatic carbocycles. The van der Waals surface area contributed by atoms with Gasteiger partial charge in [0.2, 0.25) is 5.91 Å². The number of aromatic nitrogens is 1. The molecule has 0 aliphatic rings. The van der Waals surface area contributed by atoms with E-state index in [-0.39, 0.29) is 5.91 Å². The fourth-order valence-corrected chi connectivity index (χ4v) is 2.12. The lowest BCUT2D eigenvalue weighted by atomic mass is 10.0. The molecule has 1 N–H and O–H groups in total. The Morgan fingerprint density at radius 2 is 1.81 bits per heavy atom. The Hall–Kier alpha value is -2.16. The summed E-state index contributed by atoms with van der Waals surface area (Å²) in [6, 6.07) is 12.1. The van der Waals surface area contributed by atoms with Crippen LogP contribution in [0.25, 0.3) is 0 Å². The van der Waals surface area contributed by atoms with Gasteiger partial charge in [0.1, 0.15) is 5.82 Å². The SMILES string of the molecule is CCCCc1ccc(CC(=O)Nc2ccc(C)cn2)cc1. The number of aryl methyl sites for hydroxylation is 2. The molecule has 0 unspecified atom stereocenters. The fourth-order valence-electron chi connectivity index (χ4n) is 2.12. The third-order valence-electron chi connectivity index (χ3n) is 3.39. The summed E-state index contributed by atoms with van der Waals surface area (Å²) in [5.41, 5.74) is 3.44. The van der Waals surface area contributed by atoms with Crippen LogP contribution in [0.5, 0.6) is 0 Å². The first-order valence-corrected chi connectivity index (χ1v) is 7.47. The van der Waals surface area contributed by atoms with E-state index in [0.717, 1.165) is 17.5 Å². The van der Waals surface area contributed by atoms with Crippen LogP contribution in [0.15, 0.2) is 42.6 Å². The average molecular weight is 282 g/mol. The molecule has 0 spiro atoms. The Labute approximate surface area is 126 Å². The lowest BCUT2D eigenvalue weighted by molar-refractivity contribution is -0.115. The summed E-state index contributed by atoms with van der Waals surface area (Å²) in [5.74, 6) is 0.567. The largest absolute Gasteiger partial charge is 0.310 e. The van der Waals surface area contributed by atoms with Gasteiger partial charge in [-0.1, -0.05) is 43.7 Å². The Morgan fingerprint density at radius 3 is 2.43 bits per heavy atom. The van der Waals surface area contributed by atoms with Gasteiger partial charge in [0.05, 0.1) is 6.42 Å². The molecule has 1 amide bonds. The predicted octanol–water partition coefficient (Wildman–Crippen LogP) is 3.91. The van der Waals surface area contributed by atoms with Crippen LogP contribution in [0.3, 0.4) is 0 Å². The zero-order valence-electron chi connectivity index (χ0n) is 12.7. The summed E-state index contributed by atoms with van der Waals surface area (Å²) in [5, 5.41) is 2.82. The normalized spacial score (nSPS) is 10.4. The van der Waals surface area contributed by atoms with Gasteiger partial charge < -0.3 is 5.32 Å². The minimum Gasteiger partial charge on any atom is -0.310 e. The van der Waals surface area contributed by atoms with Crippen LogP contribution in [0.1, 0.15) is 36.5 Å². The molecule has 0 radical (unpaired) electrons. The zero-order chi connectivity index (χ0) is 15.1. The van der Waals surface area contributed by atoms with Gasteiger partial charge >= 0.3 is 0 Å². The molecule has 2 rings (SSSR count). The van der Waals surface area contributed by atoms with E-state index in [0.29, 0.717) is 12.2 Å². The van der Waals surface area contributed by atoms with Gasteiger partial charge in [0.25, 0.3) is 0 Å². The summed E-state index contributed by atoms with van der Waals surface area (Å²) in [6.07, 6.45) is 5.64. The molecule has 0 saturated carbocycles. The van der Waals surface area contributed by atoms with Crippen molar-refractivity contribution in [2.45, 2.75) is 39.5 Å². The lowest BCUT2D eigenvalue weighted by Crippen LogP contribution is -2.15. The van der Waals surface area contributed by atoms with Crippen LogP contribution >= 0.6 is 0 Å². The molecule has 21 heavy (non-hydrogen) atoms. The summed E-state index contributed by atoms with van der Waals surface area (Å²) >= 11 is 0. The molecule has 0 bridgehead atoms. The number of nitrogens with zero attached hydrogens (tertiary/aromatic N) is 1. The zero-order valence-corrected chi connectivity index (χ0v) is 12.7. The highest BCUT2D eigenvalue weighted by Crippen LogP contribution is 2.10. The summed E-state index contributed by atoms with van der Waals surface area (Å²) in [7, 11) is 0. The molecule has 1 heterocycles. The number of hydrogen-bond donors (Lipinski definition) is 1. The summed E-state index contributed by atoms with van der Waals surface area (Å²) in [4.78, 5) is 16.1. The van der Waals surface area contributed by atoms with E-state index in [9.17, 15) is 4.79 Å². The van der Waals surface area contributed by atoms with E-state index in [2.05, 4.69) is 29.4 Å². The van der Waals surface area contributed by atoms with Crippen molar-refractivity contribution < 1.29 is 4.79 Å². The third-order valence-corrected chi connectivity index (χ3v) is 3.39. The van der Waals surface area contributed by atoms with Gasteiger partial charge in [0, 0.05) is 6.20 Å². The maximum atomic E-state index is 12.0. The van der Waals surface area contributed by atoms with Gasteiger partial charge in [-0.15, -0.1) is 0 Å². The second-order valence-corrected chi connectivity index (χ2v) is 5.37. The quantitative estimate of drug-likeness (QED) is 0.872. The number of carbonyl (C=O) groups is 1. The predicted molar refractivity (Wildman–Crippen MR) is 86.4 cm³/mol. The minimum absolute atomic E-state index is 0.0346. The highest BCUT2D eigenvalue weighted by atomic mass is 16.1. The van der Waals surface area contributed by atoms with E-state index in [1.165, 1.54) is 18.4 Å². The van der Waals surface area contributed by atoms with Gasteiger partial charge in [-0.05, 0) is 42.5 Å². The molecule has 0 atom stereocenters. The van der Waals surface area contributed by atoms with Crippen LogP contribution in [-0.4, -0.2) is 10.9 Å². The molecule has 1 aromatic heterocycles. The molecule has 3 nitrogen and oxygen atoms in total. The topological polar surface area (TPSA) is 42.0 Å². The number of rotatable bonds is 6. The number of anilines is 1. The first-order valence-electron chi connectivity index (χ1n) is 7.47. The number of amides is 1. The minimum atomic E-state index is -0.0346. The van der Waals surface area contributed by atoms with E-state index < -0.39 is 0 Å². The van der Waals surface area contributed by atoms with Crippen LogP contribution < -0.4 is 5.32 Å². The van der Waals surface area contributed by atoms with Crippen molar-refractivity contribution in [2.75, 3.05) is 5.32 Å². The first kappa shape index (κ1) is 15.2. The Kier molecular flexibility index (Phi) is 5.50. The maximum absolute atomic E-state index is 12.0. The molecule has 0 aliphatic heterocycles. The molecule has 2 aromatic rings. The van der Waals surface area contributed by atoms with Crippen molar-refractivity contribution >= 4 is 11.7 Å². The number of unbranched alkanes of at least 4 members (excludes halogenated alkanes) is 1. The van der Waals surface area contributed by atoms with E-state index in [4.69, 9.17) is 0 Å². The van der Waals surface area contributed by atoms with E-state index in [1.54, 1.807) is 6.20 Å². The molecule has 110 valence electrons. The van der Waals surface area contributed by atoms with Gasteiger partial charge in [-0.25, -0.2) is 4.98 Å². The second kappa shape index (κ2) is 7.58. The van der Waals surface area contributed by atoms with Crippen LogP contribution in [0.2, 0.25) is 0 Å². The van der Waals surface area contributed by atoms with Crippen molar-refractivity contribution in [1.82, 2.24) is 4.98 Å². The molecule has 0 aliphatic carbocycles. The summed E-state index contributed by atoms with van der Waals surface area (Å²) < 4.78 is 0. The van der Waals surface area contributed by atoms with Crippen LogP contribution in [0.4, 0.5) is 5.82 Å². The molecular weight excluding hydrogens is 260 g/mol. The van der Waals surface area contributed by atoms with Crippen molar-refractivity contribution in [3.8, 4) is 0 Å². The van der Waals surface area contributed by atoms with Crippen molar-refractivity contribution in [3.05, 3.63) is 59.3 Å². The highest BCUT2D eigenvalue weighted by Gasteiger charge is 2.05. The van der Waals surface area contributed by atoms with Crippen molar-refractivity contribution in [3.63, 3.8) is 0 Å². The second-order valence-electron chi connectivity index (χ2n) is 5.37.